The molecule has 1 aromatic heterocycles. The van der Waals surface area contributed by atoms with Gasteiger partial charge in [0.25, 0.3) is 0 Å². The molecule has 4 nitrogen and oxygen atoms in total. The summed E-state index contributed by atoms with van der Waals surface area (Å²) >= 11 is 0. The first kappa shape index (κ1) is 15.6. The normalized spacial score (nSPS) is 16.2. The molecule has 0 aliphatic carbocycles. The summed E-state index contributed by atoms with van der Waals surface area (Å²) in [7, 11) is 0. The van der Waals surface area contributed by atoms with Gasteiger partial charge in [0.15, 0.2) is 0 Å². The second-order valence-corrected chi connectivity index (χ2v) is 6.54. The van der Waals surface area contributed by atoms with E-state index >= 15 is 0 Å². The summed E-state index contributed by atoms with van der Waals surface area (Å²) in [6.07, 6.45) is 6.10. The molecule has 1 atom stereocenters. The number of nitrogens with one attached hydrogen (secondary N) is 1. The first-order valence-electron chi connectivity index (χ1n) is 8.72. The largest absolute Gasteiger partial charge is 0.351 e. The van der Waals surface area contributed by atoms with E-state index in [4.69, 9.17) is 0 Å². The van der Waals surface area contributed by atoms with Crippen LogP contribution in [0, 0.1) is 0 Å². The van der Waals surface area contributed by atoms with Gasteiger partial charge in [-0.3, -0.25) is 4.79 Å². The van der Waals surface area contributed by atoms with Crippen LogP contribution in [0.3, 0.4) is 0 Å². The van der Waals surface area contributed by atoms with E-state index in [-0.39, 0.29) is 11.9 Å². The van der Waals surface area contributed by atoms with Gasteiger partial charge in [0.05, 0.1) is 6.42 Å². The molecule has 1 amide bonds. The lowest BCUT2D eigenvalue weighted by Gasteiger charge is -2.24. The fourth-order valence-electron chi connectivity index (χ4n) is 3.39. The van der Waals surface area contributed by atoms with Crippen LogP contribution in [0.5, 0.6) is 0 Å². The van der Waals surface area contributed by atoms with Crippen molar-refractivity contribution in [2.75, 3.05) is 0 Å². The maximum absolute atomic E-state index is 12.3. The van der Waals surface area contributed by atoms with Gasteiger partial charge >= 0.3 is 0 Å². The van der Waals surface area contributed by atoms with Crippen molar-refractivity contribution in [3.63, 3.8) is 0 Å². The van der Waals surface area contributed by atoms with Gasteiger partial charge < -0.3 is 9.88 Å². The molecule has 3 aromatic rings. The second kappa shape index (κ2) is 6.93. The Hall–Kier alpha value is -2.88. The number of nitrogens with zero attached hydrogens (tertiary/aromatic N) is 2. The average molecular weight is 331 g/mol. The maximum Gasteiger partial charge on any atom is 0.224 e. The molecule has 2 heterocycles. The Labute approximate surface area is 147 Å². The van der Waals surface area contributed by atoms with E-state index in [1.54, 1.807) is 0 Å². The molecule has 0 bridgehead atoms. The van der Waals surface area contributed by atoms with Crippen LogP contribution < -0.4 is 5.32 Å². The highest BCUT2D eigenvalue weighted by Gasteiger charge is 2.20. The van der Waals surface area contributed by atoms with E-state index in [0.717, 1.165) is 30.8 Å². The van der Waals surface area contributed by atoms with Crippen molar-refractivity contribution in [1.29, 1.82) is 0 Å². The molecule has 0 saturated carbocycles. The van der Waals surface area contributed by atoms with E-state index in [1.165, 1.54) is 11.1 Å². The molecule has 1 aliphatic heterocycles. The van der Waals surface area contributed by atoms with Crippen molar-refractivity contribution < 1.29 is 4.79 Å². The predicted octanol–water partition coefficient (Wildman–Crippen LogP) is 3.22. The Kier molecular flexibility index (Phi) is 4.34. The molecule has 25 heavy (non-hydrogen) atoms. The van der Waals surface area contributed by atoms with E-state index in [1.807, 2.05) is 42.7 Å². The lowest BCUT2D eigenvalue weighted by atomic mass is 10.0. The molecule has 0 unspecified atom stereocenters. The molecule has 0 fully saturated rings. The van der Waals surface area contributed by atoms with Gasteiger partial charge in [0, 0.05) is 31.4 Å². The van der Waals surface area contributed by atoms with Gasteiger partial charge in [-0.15, -0.1) is 0 Å². The van der Waals surface area contributed by atoms with Gasteiger partial charge in [-0.25, -0.2) is 4.98 Å². The predicted molar refractivity (Wildman–Crippen MR) is 98.1 cm³/mol. The van der Waals surface area contributed by atoms with Crippen molar-refractivity contribution in [3.8, 4) is 11.1 Å². The summed E-state index contributed by atoms with van der Waals surface area (Å²) in [4.78, 5) is 16.7. The number of amides is 1. The zero-order valence-corrected chi connectivity index (χ0v) is 14.1. The number of hydrogen-bond acceptors (Lipinski definition) is 2. The number of imidazole rings is 1. The first-order valence-corrected chi connectivity index (χ1v) is 8.72. The summed E-state index contributed by atoms with van der Waals surface area (Å²) in [5, 5.41) is 3.16. The minimum atomic E-state index is 0.0843. The van der Waals surface area contributed by atoms with Crippen LogP contribution in [0.1, 0.15) is 17.8 Å². The lowest BCUT2D eigenvalue weighted by Crippen LogP contribution is -2.41. The molecule has 126 valence electrons. The molecule has 2 aromatic carbocycles. The summed E-state index contributed by atoms with van der Waals surface area (Å²) in [5.74, 6) is 1.20. The molecular formula is C21H21N3O. The van der Waals surface area contributed by atoms with E-state index in [0.29, 0.717) is 6.42 Å². The van der Waals surface area contributed by atoms with E-state index < -0.39 is 0 Å². The zero-order valence-electron chi connectivity index (χ0n) is 14.1. The quantitative estimate of drug-likeness (QED) is 0.798. The van der Waals surface area contributed by atoms with E-state index in [9.17, 15) is 4.79 Å². The van der Waals surface area contributed by atoms with Gasteiger partial charge in [-0.1, -0.05) is 54.6 Å². The highest BCUT2D eigenvalue weighted by Crippen LogP contribution is 2.19. The minimum absolute atomic E-state index is 0.0843. The summed E-state index contributed by atoms with van der Waals surface area (Å²) < 4.78 is 2.13. The number of carbonyl (C=O) groups is 1. The standard InChI is InChI=1S/C21H21N3O/c25-21(23-19-10-11-20-22-12-13-24(20)15-19)14-16-6-8-18(9-7-16)17-4-2-1-3-5-17/h1-9,12-13,19H,10-11,14-15H2,(H,23,25)/t19-/m1/s1. The third-order valence-electron chi connectivity index (χ3n) is 4.73. The number of carbonyl (C=O) groups excluding carboxylic acids is 1. The number of rotatable bonds is 4. The summed E-state index contributed by atoms with van der Waals surface area (Å²) in [6, 6.07) is 18.7. The third-order valence-corrected chi connectivity index (χ3v) is 4.73. The van der Waals surface area contributed by atoms with E-state index in [2.05, 4.69) is 39.1 Å². The van der Waals surface area contributed by atoms with Gasteiger partial charge in [0.1, 0.15) is 5.82 Å². The van der Waals surface area contributed by atoms with Crippen LogP contribution >= 0.6 is 0 Å². The van der Waals surface area contributed by atoms with Gasteiger partial charge in [-0.05, 0) is 23.1 Å². The third kappa shape index (κ3) is 3.63. The Morgan fingerprint density at radius 1 is 1.08 bits per heavy atom. The highest BCUT2D eigenvalue weighted by molar-refractivity contribution is 5.79. The van der Waals surface area contributed by atoms with Crippen LogP contribution in [0.25, 0.3) is 11.1 Å². The van der Waals surface area contributed by atoms with Crippen LogP contribution in [0.2, 0.25) is 0 Å². The van der Waals surface area contributed by atoms with Crippen molar-refractivity contribution in [3.05, 3.63) is 78.4 Å². The number of aryl methyl sites for hydroxylation is 1. The monoisotopic (exact) mass is 331 g/mol. The molecule has 0 spiro atoms. The van der Waals surface area contributed by atoms with Crippen LogP contribution in [0.15, 0.2) is 67.0 Å². The highest BCUT2D eigenvalue weighted by atomic mass is 16.1. The Bertz CT molecular complexity index is 852. The fraction of sp³-hybridized carbons (Fsp3) is 0.238. The molecule has 1 N–H and O–H groups in total. The molecule has 0 radical (unpaired) electrons. The summed E-state index contributed by atoms with van der Waals surface area (Å²) in [6.45, 7) is 0.814. The topological polar surface area (TPSA) is 46.9 Å². The van der Waals surface area contributed by atoms with Crippen LogP contribution in [-0.4, -0.2) is 21.5 Å². The summed E-state index contributed by atoms with van der Waals surface area (Å²) in [5.41, 5.74) is 3.40. The maximum atomic E-state index is 12.3. The second-order valence-electron chi connectivity index (χ2n) is 6.54. The first-order chi connectivity index (χ1) is 12.3. The molecular weight excluding hydrogens is 310 g/mol. The Balaban J connectivity index is 1.35. The molecule has 4 rings (SSSR count). The van der Waals surface area contributed by atoms with Crippen molar-refractivity contribution >= 4 is 5.91 Å². The van der Waals surface area contributed by atoms with Crippen LogP contribution in [0.4, 0.5) is 0 Å². The average Bonchev–Trinajstić information content (AvgIpc) is 3.11. The smallest absolute Gasteiger partial charge is 0.224 e. The number of aromatic nitrogens is 2. The number of benzene rings is 2. The minimum Gasteiger partial charge on any atom is -0.351 e. The van der Waals surface area contributed by atoms with Gasteiger partial charge in [0.2, 0.25) is 5.91 Å². The van der Waals surface area contributed by atoms with Gasteiger partial charge in [-0.2, -0.15) is 0 Å². The SMILES string of the molecule is O=C(Cc1ccc(-c2ccccc2)cc1)N[C@@H]1CCc2nccn2C1. The van der Waals surface area contributed by atoms with Crippen molar-refractivity contribution in [1.82, 2.24) is 14.9 Å². The lowest BCUT2D eigenvalue weighted by molar-refractivity contribution is -0.121. The Morgan fingerprint density at radius 3 is 2.64 bits per heavy atom. The number of hydrogen-bond donors (Lipinski definition) is 1. The molecule has 1 aliphatic rings. The Morgan fingerprint density at radius 2 is 1.84 bits per heavy atom. The number of fused-ring (bicyclic) bond motifs is 1. The van der Waals surface area contributed by atoms with Crippen molar-refractivity contribution in [2.24, 2.45) is 0 Å². The fourth-order valence-corrected chi connectivity index (χ4v) is 3.39. The molecule has 0 saturated heterocycles. The molecule has 4 heteroatoms. The van der Waals surface area contributed by atoms with Crippen molar-refractivity contribution in [2.45, 2.75) is 31.8 Å². The van der Waals surface area contributed by atoms with Crippen LogP contribution in [-0.2, 0) is 24.2 Å². The zero-order chi connectivity index (χ0) is 17.1.